The number of halogens is 1. The molecular formula is C18H14ClN3OS. The highest BCUT2D eigenvalue weighted by molar-refractivity contribution is 8.15. The number of aromatic nitrogens is 1. The molecule has 120 valence electrons. The number of ketones is 1. The number of rotatable bonds is 4. The van der Waals surface area contributed by atoms with Crippen LogP contribution in [0.2, 0.25) is 5.02 Å². The van der Waals surface area contributed by atoms with Gasteiger partial charge in [0.2, 0.25) is 0 Å². The number of nitrogens with zero attached hydrogens (tertiary/aromatic N) is 2. The lowest BCUT2D eigenvalue weighted by atomic mass is 10.2. The van der Waals surface area contributed by atoms with E-state index in [1.165, 1.54) is 18.7 Å². The number of hydrazone groups is 1. The summed E-state index contributed by atoms with van der Waals surface area (Å²) in [6, 6.07) is 17.0. The molecule has 1 N–H and O–H groups in total. The summed E-state index contributed by atoms with van der Waals surface area (Å²) in [6.07, 6.45) is 1.74. The van der Waals surface area contributed by atoms with Crippen molar-refractivity contribution in [1.29, 1.82) is 0 Å². The van der Waals surface area contributed by atoms with Crippen LogP contribution in [0.1, 0.15) is 6.92 Å². The monoisotopic (exact) mass is 355 g/mol. The van der Waals surface area contributed by atoms with Crippen LogP contribution in [0.4, 0.5) is 5.69 Å². The largest absolute Gasteiger partial charge is 0.292 e. The Balaban J connectivity index is 1.90. The highest BCUT2D eigenvalue weighted by Crippen LogP contribution is 2.28. The maximum absolute atomic E-state index is 11.9. The van der Waals surface area contributed by atoms with Crippen LogP contribution >= 0.6 is 23.4 Å². The number of anilines is 1. The molecule has 1 heterocycles. The van der Waals surface area contributed by atoms with E-state index in [4.69, 9.17) is 11.6 Å². The summed E-state index contributed by atoms with van der Waals surface area (Å²) >= 11 is 7.38. The quantitative estimate of drug-likeness (QED) is 0.310. The maximum atomic E-state index is 11.9. The van der Waals surface area contributed by atoms with E-state index in [1.54, 1.807) is 18.3 Å². The van der Waals surface area contributed by atoms with Gasteiger partial charge in [0.15, 0.2) is 10.8 Å². The number of carbonyl (C=O) groups is 1. The molecule has 0 bridgehead atoms. The van der Waals surface area contributed by atoms with Gasteiger partial charge in [-0.1, -0.05) is 53.7 Å². The first-order chi connectivity index (χ1) is 11.6. The SMILES string of the molecule is CC(=O)C(=NNc1ccccc1Cl)Sc1cccc2cccnc12. The van der Waals surface area contributed by atoms with Crippen molar-refractivity contribution < 1.29 is 4.79 Å². The fourth-order valence-corrected chi connectivity index (χ4v) is 3.13. The number of carbonyl (C=O) groups excluding carboxylic acids is 1. The molecule has 1 aromatic heterocycles. The Morgan fingerprint density at radius 2 is 1.92 bits per heavy atom. The predicted molar refractivity (Wildman–Crippen MR) is 101 cm³/mol. The van der Waals surface area contributed by atoms with Crippen LogP contribution in [0.5, 0.6) is 0 Å². The molecule has 3 rings (SSSR count). The van der Waals surface area contributed by atoms with Crippen LogP contribution in [0, 0.1) is 0 Å². The molecule has 0 unspecified atom stereocenters. The number of thioether (sulfide) groups is 1. The molecule has 0 fully saturated rings. The van der Waals surface area contributed by atoms with Crippen LogP contribution in [0.25, 0.3) is 10.9 Å². The van der Waals surface area contributed by atoms with Crippen LogP contribution < -0.4 is 5.43 Å². The number of hydrogen-bond donors (Lipinski definition) is 1. The van der Waals surface area contributed by atoms with Gasteiger partial charge in [-0.25, -0.2) is 0 Å². The second-order valence-corrected chi connectivity index (χ2v) is 6.44. The zero-order valence-corrected chi connectivity index (χ0v) is 14.4. The van der Waals surface area contributed by atoms with Gasteiger partial charge in [-0.05, 0) is 24.3 Å². The summed E-state index contributed by atoms with van der Waals surface area (Å²) in [5.74, 6) is -0.132. The number of benzene rings is 2. The van der Waals surface area contributed by atoms with Gasteiger partial charge in [0.05, 0.1) is 16.2 Å². The highest BCUT2D eigenvalue weighted by atomic mass is 35.5. The molecule has 3 aromatic rings. The summed E-state index contributed by atoms with van der Waals surface area (Å²) in [5.41, 5.74) is 4.35. The standard InChI is InChI=1S/C18H14ClN3OS/c1-12(23)18(22-21-15-9-3-2-8-14(15)19)24-16-10-4-6-13-7-5-11-20-17(13)16/h2-11,21H,1H3. The topological polar surface area (TPSA) is 54.4 Å². The van der Waals surface area contributed by atoms with E-state index in [0.29, 0.717) is 15.8 Å². The molecule has 0 aliphatic carbocycles. The number of Topliss-reactive ketones (excluding diaryl/α,β-unsaturated/α-hetero) is 1. The second kappa shape index (κ2) is 7.47. The van der Waals surface area contributed by atoms with Gasteiger partial charge in [0.25, 0.3) is 0 Å². The van der Waals surface area contributed by atoms with E-state index < -0.39 is 0 Å². The highest BCUT2D eigenvalue weighted by Gasteiger charge is 2.12. The first-order valence-corrected chi connectivity index (χ1v) is 8.45. The Kier molecular flexibility index (Phi) is 5.13. The Labute approximate surface area is 148 Å². The van der Waals surface area contributed by atoms with Crippen LogP contribution in [-0.2, 0) is 4.79 Å². The zero-order valence-electron chi connectivity index (χ0n) is 12.9. The fourth-order valence-electron chi connectivity index (χ4n) is 2.10. The Bertz CT molecular complexity index is 922. The number of nitrogens with one attached hydrogen (secondary N) is 1. The van der Waals surface area contributed by atoms with E-state index in [0.717, 1.165) is 15.8 Å². The van der Waals surface area contributed by atoms with Crippen molar-refractivity contribution in [2.45, 2.75) is 11.8 Å². The van der Waals surface area contributed by atoms with Gasteiger partial charge in [0.1, 0.15) is 0 Å². The second-order valence-electron chi connectivity index (χ2n) is 5.00. The van der Waals surface area contributed by atoms with Gasteiger partial charge in [-0.15, -0.1) is 0 Å². The molecular weight excluding hydrogens is 342 g/mol. The average Bonchev–Trinajstić information content (AvgIpc) is 2.59. The minimum Gasteiger partial charge on any atom is -0.292 e. The molecule has 0 atom stereocenters. The lowest BCUT2D eigenvalue weighted by Gasteiger charge is -2.07. The molecule has 24 heavy (non-hydrogen) atoms. The van der Waals surface area contributed by atoms with Crippen LogP contribution in [-0.4, -0.2) is 15.8 Å². The first kappa shape index (κ1) is 16.5. The Morgan fingerprint density at radius 1 is 1.12 bits per heavy atom. The molecule has 0 aliphatic heterocycles. The molecule has 0 spiro atoms. The van der Waals surface area contributed by atoms with E-state index in [9.17, 15) is 4.79 Å². The Morgan fingerprint density at radius 3 is 2.71 bits per heavy atom. The van der Waals surface area contributed by atoms with E-state index in [1.807, 2.05) is 42.5 Å². The van der Waals surface area contributed by atoms with Crippen molar-refractivity contribution in [1.82, 2.24) is 4.98 Å². The molecule has 4 nitrogen and oxygen atoms in total. The van der Waals surface area contributed by atoms with Crippen LogP contribution in [0.3, 0.4) is 0 Å². The molecule has 0 aliphatic rings. The molecule has 0 saturated carbocycles. The van der Waals surface area contributed by atoms with Gasteiger partial charge >= 0.3 is 0 Å². The van der Waals surface area contributed by atoms with Crippen molar-refractivity contribution in [3.05, 3.63) is 65.8 Å². The minimum absolute atomic E-state index is 0.132. The number of para-hydroxylation sites is 2. The van der Waals surface area contributed by atoms with Gasteiger partial charge in [-0.2, -0.15) is 5.10 Å². The summed E-state index contributed by atoms with van der Waals surface area (Å²) in [7, 11) is 0. The smallest absolute Gasteiger partial charge is 0.186 e. The normalized spacial score (nSPS) is 11.5. The van der Waals surface area contributed by atoms with Gasteiger partial charge < -0.3 is 0 Å². The summed E-state index contributed by atoms with van der Waals surface area (Å²) in [5, 5.41) is 6.13. The van der Waals surface area contributed by atoms with Crippen molar-refractivity contribution in [2.75, 3.05) is 5.43 Å². The predicted octanol–water partition coefficient (Wildman–Crippen LogP) is 4.99. The summed E-state index contributed by atoms with van der Waals surface area (Å²) < 4.78 is 0. The van der Waals surface area contributed by atoms with E-state index in [2.05, 4.69) is 15.5 Å². The molecule has 2 aromatic carbocycles. The van der Waals surface area contributed by atoms with E-state index >= 15 is 0 Å². The first-order valence-electron chi connectivity index (χ1n) is 7.26. The number of fused-ring (bicyclic) bond motifs is 1. The summed E-state index contributed by atoms with van der Waals surface area (Å²) in [4.78, 5) is 17.2. The van der Waals surface area contributed by atoms with Crippen molar-refractivity contribution in [3.63, 3.8) is 0 Å². The minimum atomic E-state index is -0.132. The van der Waals surface area contributed by atoms with Gasteiger partial charge in [-0.3, -0.25) is 15.2 Å². The average molecular weight is 356 g/mol. The third kappa shape index (κ3) is 3.75. The third-order valence-electron chi connectivity index (χ3n) is 3.26. The van der Waals surface area contributed by atoms with Gasteiger partial charge in [0, 0.05) is 23.4 Å². The van der Waals surface area contributed by atoms with Crippen molar-refractivity contribution in [2.24, 2.45) is 5.10 Å². The van der Waals surface area contributed by atoms with Crippen molar-refractivity contribution in [3.8, 4) is 0 Å². The zero-order chi connectivity index (χ0) is 16.9. The fraction of sp³-hybridized carbons (Fsp3) is 0.0556. The molecule has 0 amide bonds. The molecule has 0 saturated heterocycles. The summed E-state index contributed by atoms with van der Waals surface area (Å²) in [6.45, 7) is 1.48. The maximum Gasteiger partial charge on any atom is 0.186 e. The number of hydrogen-bond acceptors (Lipinski definition) is 5. The number of pyridine rings is 1. The lowest BCUT2D eigenvalue weighted by Crippen LogP contribution is -2.08. The molecule has 0 radical (unpaired) electrons. The lowest BCUT2D eigenvalue weighted by molar-refractivity contribution is -0.110. The Hall–Kier alpha value is -2.37. The molecule has 6 heteroatoms. The van der Waals surface area contributed by atoms with Crippen molar-refractivity contribution >= 4 is 50.8 Å². The van der Waals surface area contributed by atoms with E-state index in [-0.39, 0.29) is 5.78 Å². The third-order valence-corrected chi connectivity index (χ3v) is 4.71. The van der Waals surface area contributed by atoms with Crippen LogP contribution in [0.15, 0.2) is 70.8 Å².